The molecule has 0 radical (unpaired) electrons. The second-order valence-electron chi connectivity index (χ2n) is 4.93. The molecular formula is C16H15FN2S. The lowest BCUT2D eigenvalue weighted by molar-refractivity contribution is 0.341. The second kappa shape index (κ2) is 5.21. The maximum Gasteiger partial charge on any atom is 0.167 e. The van der Waals surface area contributed by atoms with Gasteiger partial charge < -0.3 is 10.6 Å². The minimum atomic E-state index is -0.236. The Morgan fingerprint density at radius 2 is 1.85 bits per heavy atom. The molecule has 0 spiro atoms. The monoisotopic (exact) mass is 286 g/mol. The summed E-state index contributed by atoms with van der Waals surface area (Å²) >= 11 is 5.18. The van der Waals surface area contributed by atoms with Gasteiger partial charge in [-0.2, -0.15) is 0 Å². The molecule has 1 aliphatic heterocycles. The zero-order valence-electron chi connectivity index (χ0n) is 10.9. The van der Waals surface area contributed by atoms with Crippen LogP contribution >= 0.6 is 12.2 Å². The van der Waals surface area contributed by atoms with E-state index in [-0.39, 0.29) is 11.9 Å². The predicted octanol–water partition coefficient (Wildman–Crippen LogP) is 3.02. The van der Waals surface area contributed by atoms with E-state index < -0.39 is 0 Å². The van der Waals surface area contributed by atoms with Crippen molar-refractivity contribution in [1.82, 2.24) is 4.90 Å². The third-order valence-electron chi connectivity index (χ3n) is 3.75. The highest BCUT2D eigenvalue weighted by atomic mass is 32.1. The number of rotatable bonds is 1. The van der Waals surface area contributed by atoms with Gasteiger partial charge in [-0.15, -0.1) is 0 Å². The van der Waals surface area contributed by atoms with Crippen LogP contribution in [0.25, 0.3) is 0 Å². The van der Waals surface area contributed by atoms with Crippen LogP contribution in [0.15, 0.2) is 48.5 Å². The summed E-state index contributed by atoms with van der Waals surface area (Å²) in [5, 5.41) is 0.383. The van der Waals surface area contributed by atoms with Gasteiger partial charge in [-0.05, 0) is 47.5 Å². The third kappa shape index (κ3) is 2.27. The molecule has 0 aliphatic carbocycles. The van der Waals surface area contributed by atoms with Gasteiger partial charge in [0, 0.05) is 6.54 Å². The van der Waals surface area contributed by atoms with E-state index in [1.807, 2.05) is 17.0 Å². The number of thiocarbonyl (C=S) groups is 1. The summed E-state index contributed by atoms with van der Waals surface area (Å²) in [6.07, 6.45) is 0.922. The van der Waals surface area contributed by atoms with Crippen LogP contribution in [0.3, 0.4) is 0 Å². The summed E-state index contributed by atoms with van der Waals surface area (Å²) < 4.78 is 13.1. The van der Waals surface area contributed by atoms with Crippen LogP contribution in [-0.2, 0) is 6.42 Å². The Labute approximate surface area is 123 Å². The van der Waals surface area contributed by atoms with Crippen molar-refractivity contribution in [2.45, 2.75) is 12.5 Å². The molecule has 1 atom stereocenters. The molecule has 2 aromatic rings. The zero-order chi connectivity index (χ0) is 14.1. The van der Waals surface area contributed by atoms with Gasteiger partial charge in [0.05, 0.1) is 6.04 Å². The number of hydrogen-bond donors (Lipinski definition) is 1. The van der Waals surface area contributed by atoms with E-state index in [1.165, 1.54) is 23.3 Å². The van der Waals surface area contributed by atoms with E-state index in [9.17, 15) is 4.39 Å². The lowest BCUT2D eigenvalue weighted by atomic mass is 9.88. The van der Waals surface area contributed by atoms with Crippen LogP contribution in [-0.4, -0.2) is 16.6 Å². The smallest absolute Gasteiger partial charge is 0.167 e. The molecule has 2 nitrogen and oxygen atoms in total. The maximum absolute atomic E-state index is 13.1. The molecular weight excluding hydrogens is 271 g/mol. The van der Waals surface area contributed by atoms with Crippen LogP contribution < -0.4 is 5.73 Å². The number of hydrogen-bond acceptors (Lipinski definition) is 1. The van der Waals surface area contributed by atoms with Gasteiger partial charge in [-0.25, -0.2) is 4.39 Å². The van der Waals surface area contributed by atoms with Crippen molar-refractivity contribution in [3.63, 3.8) is 0 Å². The van der Waals surface area contributed by atoms with Gasteiger partial charge in [0.15, 0.2) is 5.11 Å². The van der Waals surface area contributed by atoms with Crippen LogP contribution in [0.1, 0.15) is 22.7 Å². The van der Waals surface area contributed by atoms with Crippen LogP contribution in [0.5, 0.6) is 0 Å². The Balaban J connectivity index is 2.11. The lowest BCUT2D eigenvalue weighted by Gasteiger charge is -2.38. The minimum absolute atomic E-state index is 0.0296. The molecule has 1 heterocycles. The molecule has 2 N–H and O–H groups in total. The first-order chi connectivity index (χ1) is 9.66. The van der Waals surface area contributed by atoms with E-state index in [0.29, 0.717) is 5.11 Å². The van der Waals surface area contributed by atoms with Crippen LogP contribution in [0.4, 0.5) is 4.39 Å². The Hall–Kier alpha value is -1.94. The SMILES string of the molecule is NC(=S)N1CCc2ccccc2C1c1ccc(F)cc1. The van der Waals surface area contributed by atoms with Crippen molar-refractivity contribution < 1.29 is 4.39 Å². The number of benzene rings is 2. The predicted molar refractivity (Wildman–Crippen MR) is 81.9 cm³/mol. The van der Waals surface area contributed by atoms with Crippen molar-refractivity contribution >= 4 is 17.3 Å². The van der Waals surface area contributed by atoms with Gasteiger partial charge in [0.1, 0.15) is 5.82 Å². The fourth-order valence-electron chi connectivity index (χ4n) is 2.81. The molecule has 0 saturated carbocycles. The Kier molecular flexibility index (Phi) is 3.40. The Bertz CT molecular complexity index is 639. The Morgan fingerprint density at radius 3 is 2.55 bits per heavy atom. The fraction of sp³-hybridized carbons (Fsp3) is 0.188. The number of fused-ring (bicyclic) bond motifs is 1. The summed E-state index contributed by atoms with van der Waals surface area (Å²) in [7, 11) is 0. The maximum atomic E-state index is 13.1. The van der Waals surface area contributed by atoms with Gasteiger partial charge in [-0.1, -0.05) is 36.4 Å². The first kappa shape index (κ1) is 13.1. The molecule has 0 bridgehead atoms. The largest absolute Gasteiger partial charge is 0.376 e. The normalized spacial score (nSPS) is 17.6. The first-order valence-electron chi connectivity index (χ1n) is 6.56. The first-order valence-corrected chi connectivity index (χ1v) is 6.97. The molecule has 0 saturated heterocycles. The molecule has 0 fully saturated rings. The average Bonchev–Trinajstić information content (AvgIpc) is 2.47. The average molecular weight is 286 g/mol. The molecule has 3 rings (SSSR count). The molecule has 0 aromatic heterocycles. The van der Waals surface area contributed by atoms with Crippen molar-refractivity contribution in [3.05, 3.63) is 71.0 Å². The van der Waals surface area contributed by atoms with E-state index in [1.54, 1.807) is 12.1 Å². The Morgan fingerprint density at radius 1 is 1.15 bits per heavy atom. The highest BCUT2D eigenvalue weighted by molar-refractivity contribution is 7.80. The van der Waals surface area contributed by atoms with Crippen molar-refractivity contribution in [2.24, 2.45) is 5.73 Å². The number of nitrogens with zero attached hydrogens (tertiary/aromatic N) is 1. The molecule has 4 heteroatoms. The summed E-state index contributed by atoms with van der Waals surface area (Å²) in [6.45, 7) is 0.786. The van der Waals surface area contributed by atoms with E-state index >= 15 is 0 Å². The van der Waals surface area contributed by atoms with E-state index in [2.05, 4.69) is 12.1 Å². The van der Waals surface area contributed by atoms with Gasteiger partial charge in [0.25, 0.3) is 0 Å². The van der Waals surface area contributed by atoms with Gasteiger partial charge in [0.2, 0.25) is 0 Å². The van der Waals surface area contributed by atoms with Gasteiger partial charge in [-0.3, -0.25) is 0 Å². The molecule has 102 valence electrons. The summed E-state index contributed by atoms with van der Waals surface area (Å²) in [4.78, 5) is 2.00. The zero-order valence-corrected chi connectivity index (χ0v) is 11.7. The van der Waals surface area contributed by atoms with Crippen molar-refractivity contribution in [2.75, 3.05) is 6.54 Å². The topological polar surface area (TPSA) is 29.3 Å². The van der Waals surface area contributed by atoms with Crippen molar-refractivity contribution in [1.29, 1.82) is 0 Å². The molecule has 20 heavy (non-hydrogen) atoms. The van der Waals surface area contributed by atoms with Crippen LogP contribution in [0.2, 0.25) is 0 Å². The van der Waals surface area contributed by atoms with Crippen LogP contribution in [0, 0.1) is 5.82 Å². The third-order valence-corrected chi connectivity index (χ3v) is 3.99. The minimum Gasteiger partial charge on any atom is -0.376 e. The lowest BCUT2D eigenvalue weighted by Crippen LogP contribution is -2.43. The van der Waals surface area contributed by atoms with Crippen molar-refractivity contribution in [3.8, 4) is 0 Å². The number of nitrogens with two attached hydrogens (primary N) is 1. The second-order valence-corrected chi connectivity index (χ2v) is 5.35. The highest BCUT2D eigenvalue weighted by Gasteiger charge is 2.29. The standard InChI is InChI=1S/C16H15FN2S/c17-13-7-5-12(6-8-13)15-14-4-2-1-3-11(14)9-10-19(15)16(18)20/h1-8,15H,9-10H2,(H2,18,20). The quantitative estimate of drug-likeness (QED) is 0.817. The molecule has 2 aromatic carbocycles. The molecule has 1 aliphatic rings. The summed E-state index contributed by atoms with van der Waals surface area (Å²) in [6, 6.07) is 14.8. The summed E-state index contributed by atoms with van der Waals surface area (Å²) in [5.74, 6) is -0.236. The highest BCUT2D eigenvalue weighted by Crippen LogP contribution is 2.34. The van der Waals surface area contributed by atoms with Gasteiger partial charge >= 0.3 is 0 Å². The molecule has 1 unspecified atom stereocenters. The van der Waals surface area contributed by atoms with E-state index in [4.69, 9.17) is 18.0 Å². The molecule has 0 amide bonds. The fourth-order valence-corrected chi connectivity index (χ4v) is 3.01. The van der Waals surface area contributed by atoms with E-state index in [0.717, 1.165) is 18.5 Å². The number of halogens is 1. The summed E-state index contributed by atoms with van der Waals surface area (Å²) in [5.41, 5.74) is 9.36.